The van der Waals surface area contributed by atoms with E-state index in [1.165, 1.54) is 31.3 Å². The molecule has 0 radical (unpaired) electrons. The molecule has 0 aromatic rings. The van der Waals surface area contributed by atoms with Crippen LogP contribution in [0.2, 0.25) is 0 Å². The van der Waals surface area contributed by atoms with E-state index < -0.39 is 0 Å². The highest BCUT2D eigenvalue weighted by Gasteiger charge is 2.17. The highest BCUT2D eigenvalue weighted by molar-refractivity contribution is 5.91. The smallest absolute Gasteiger partial charge is 0.155 e. The lowest BCUT2D eigenvalue weighted by molar-refractivity contribution is -0.116. The van der Waals surface area contributed by atoms with Gasteiger partial charge in [0.15, 0.2) is 5.78 Å². The Bertz CT molecular complexity index is 203. The van der Waals surface area contributed by atoms with E-state index in [2.05, 4.69) is 13.8 Å². The lowest BCUT2D eigenvalue weighted by atomic mass is 9.85. The molecule has 1 unspecified atom stereocenters. The number of allylic oxidation sites excluding steroid dienone is 2. The summed E-state index contributed by atoms with van der Waals surface area (Å²) in [6, 6.07) is 0. The molecule has 0 aliphatic heterocycles. The zero-order valence-corrected chi connectivity index (χ0v) is 8.81. The van der Waals surface area contributed by atoms with Crippen molar-refractivity contribution >= 4 is 5.78 Å². The van der Waals surface area contributed by atoms with Gasteiger partial charge in [-0.15, -0.1) is 0 Å². The summed E-state index contributed by atoms with van der Waals surface area (Å²) in [5, 5.41) is 0. The molecule has 0 saturated heterocycles. The fraction of sp³-hybridized carbons (Fsp3) is 0.750. The van der Waals surface area contributed by atoms with Gasteiger partial charge in [0.1, 0.15) is 0 Å². The molecule has 1 rings (SSSR count). The van der Waals surface area contributed by atoms with Gasteiger partial charge in [-0.05, 0) is 31.8 Å². The van der Waals surface area contributed by atoms with Crippen molar-refractivity contribution < 1.29 is 4.79 Å². The molecule has 0 N–H and O–H groups in total. The minimum Gasteiger partial charge on any atom is -0.295 e. The van der Waals surface area contributed by atoms with E-state index in [1.54, 1.807) is 0 Å². The maximum Gasteiger partial charge on any atom is 0.155 e. The average Bonchev–Trinajstić information content (AvgIpc) is 2.03. The molecule has 0 saturated carbocycles. The van der Waals surface area contributed by atoms with Crippen molar-refractivity contribution in [1.29, 1.82) is 0 Å². The van der Waals surface area contributed by atoms with E-state index in [-0.39, 0.29) is 0 Å². The van der Waals surface area contributed by atoms with Crippen molar-refractivity contribution in [1.82, 2.24) is 0 Å². The van der Waals surface area contributed by atoms with Crippen LogP contribution >= 0.6 is 0 Å². The van der Waals surface area contributed by atoms with Gasteiger partial charge in [-0.1, -0.05) is 31.8 Å². The topological polar surface area (TPSA) is 17.1 Å². The van der Waals surface area contributed by atoms with Gasteiger partial charge in [0, 0.05) is 6.42 Å². The zero-order chi connectivity index (χ0) is 9.68. The quantitative estimate of drug-likeness (QED) is 0.605. The van der Waals surface area contributed by atoms with Crippen molar-refractivity contribution in [2.75, 3.05) is 0 Å². The zero-order valence-electron chi connectivity index (χ0n) is 8.81. The second-order valence-corrected chi connectivity index (χ2v) is 4.23. The summed E-state index contributed by atoms with van der Waals surface area (Å²) in [6.45, 7) is 4.29. The Kier molecular flexibility index (Phi) is 4.20. The molecule has 0 aromatic carbocycles. The van der Waals surface area contributed by atoms with E-state index in [9.17, 15) is 4.79 Å². The molecular formula is C12H20O. The van der Waals surface area contributed by atoms with Crippen molar-refractivity contribution in [3.8, 4) is 0 Å². The van der Waals surface area contributed by atoms with Crippen molar-refractivity contribution in [3.05, 3.63) is 11.6 Å². The summed E-state index contributed by atoms with van der Waals surface area (Å²) < 4.78 is 0. The van der Waals surface area contributed by atoms with Crippen molar-refractivity contribution in [3.63, 3.8) is 0 Å². The summed E-state index contributed by atoms with van der Waals surface area (Å²) in [5.74, 6) is 0.981. The van der Waals surface area contributed by atoms with E-state index in [4.69, 9.17) is 0 Å². The summed E-state index contributed by atoms with van der Waals surface area (Å²) in [4.78, 5) is 11.2. The molecule has 1 aliphatic rings. The summed E-state index contributed by atoms with van der Waals surface area (Å²) in [6.07, 6.45) is 8.88. The largest absolute Gasteiger partial charge is 0.295 e. The van der Waals surface area contributed by atoms with Gasteiger partial charge in [0.05, 0.1) is 0 Å². The van der Waals surface area contributed by atoms with Gasteiger partial charge < -0.3 is 0 Å². The van der Waals surface area contributed by atoms with Gasteiger partial charge in [0.25, 0.3) is 0 Å². The number of hydrogen-bond donors (Lipinski definition) is 0. The molecule has 1 heteroatoms. The number of ketones is 1. The number of hydrogen-bond acceptors (Lipinski definition) is 1. The third-order valence-corrected chi connectivity index (χ3v) is 2.72. The predicted molar refractivity (Wildman–Crippen MR) is 55.6 cm³/mol. The molecule has 1 atom stereocenters. The Morgan fingerprint density at radius 3 is 2.77 bits per heavy atom. The van der Waals surface area contributed by atoms with Crippen LogP contribution in [0, 0.1) is 5.92 Å². The van der Waals surface area contributed by atoms with E-state index in [0.29, 0.717) is 11.7 Å². The fourth-order valence-electron chi connectivity index (χ4n) is 2.09. The molecule has 0 aromatic heterocycles. The van der Waals surface area contributed by atoms with Gasteiger partial charge in [-0.3, -0.25) is 4.79 Å². The molecule has 74 valence electrons. The van der Waals surface area contributed by atoms with Crippen molar-refractivity contribution in [2.24, 2.45) is 5.92 Å². The van der Waals surface area contributed by atoms with Crippen LogP contribution in [-0.2, 0) is 4.79 Å². The fourth-order valence-corrected chi connectivity index (χ4v) is 2.09. The van der Waals surface area contributed by atoms with E-state index in [1.807, 2.05) is 6.08 Å². The summed E-state index contributed by atoms with van der Waals surface area (Å²) in [5.41, 5.74) is 1.28. The molecule has 0 amide bonds. The normalized spacial score (nSPS) is 23.1. The van der Waals surface area contributed by atoms with E-state index >= 15 is 0 Å². The van der Waals surface area contributed by atoms with Crippen LogP contribution < -0.4 is 0 Å². The Morgan fingerprint density at radius 1 is 1.38 bits per heavy atom. The molecule has 0 fully saturated rings. The maximum absolute atomic E-state index is 11.2. The third kappa shape index (κ3) is 3.75. The molecule has 1 aliphatic carbocycles. The van der Waals surface area contributed by atoms with Crippen LogP contribution in [0.15, 0.2) is 11.6 Å². The number of unbranched alkanes of at least 4 members (excludes halogenated alkanes) is 2. The van der Waals surface area contributed by atoms with Crippen LogP contribution in [-0.4, -0.2) is 5.78 Å². The molecule has 0 spiro atoms. The Labute approximate surface area is 81.2 Å². The molecule has 0 bridgehead atoms. The van der Waals surface area contributed by atoms with Gasteiger partial charge in [-0.25, -0.2) is 0 Å². The van der Waals surface area contributed by atoms with Gasteiger partial charge in [-0.2, -0.15) is 0 Å². The Hall–Kier alpha value is -0.590. The maximum atomic E-state index is 11.2. The lowest BCUT2D eigenvalue weighted by Crippen LogP contribution is -2.13. The first-order valence-corrected chi connectivity index (χ1v) is 5.42. The van der Waals surface area contributed by atoms with Crippen LogP contribution in [0.1, 0.15) is 52.4 Å². The second-order valence-electron chi connectivity index (χ2n) is 4.23. The lowest BCUT2D eigenvalue weighted by Gasteiger charge is -2.19. The van der Waals surface area contributed by atoms with Crippen LogP contribution in [0.3, 0.4) is 0 Å². The Balaban J connectivity index is 2.29. The number of carbonyl (C=O) groups excluding carboxylic acids is 1. The minimum atomic E-state index is 0.338. The highest BCUT2D eigenvalue weighted by Crippen LogP contribution is 2.26. The first kappa shape index (κ1) is 10.5. The minimum absolute atomic E-state index is 0.338. The van der Waals surface area contributed by atoms with Crippen molar-refractivity contribution in [2.45, 2.75) is 52.4 Å². The monoisotopic (exact) mass is 180 g/mol. The second kappa shape index (κ2) is 5.21. The SMILES string of the molecule is CCCCCC1CC(=O)C=C(C)C1. The van der Waals surface area contributed by atoms with Crippen LogP contribution in [0.25, 0.3) is 0 Å². The first-order valence-electron chi connectivity index (χ1n) is 5.42. The standard InChI is InChI=1S/C12H20O/c1-3-4-5-6-11-7-10(2)8-12(13)9-11/h8,11H,3-7,9H2,1-2H3. The Morgan fingerprint density at radius 2 is 2.15 bits per heavy atom. The van der Waals surface area contributed by atoms with Gasteiger partial charge in [0.2, 0.25) is 0 Å². The first-order chi connectivity index (χ1) is 6.22. The highest BCUT2D eigenvalue weighted by atomic mass is 16.1. The van der Waals surface area contributed by atoms with Crippen LogP contribution in [0.4, 0.5) is 0 Å². The number of rotatable bonds is 4. The molecule has 1 nitrogen and oxygen atoms in total. The molecule has 0 heterocycles. The van der Waals surface area contributed by atoms with E-state index in [0.717, 1.165) is 12.8 Å². The molecule has 13 heavy (non-hydrogen) atoms. The number of carbonyl (C=O) groups is 1. The van der Waals surface area contributed by atoms with Crippen LogP contribution in [0.5, 0.6) is 0 Å². The predicted octanol–water partition coefficient (Wildman–Crippen LogP) is 3.49. The average molecular weight is 180 g/mol. The van der Waals surface area contributed by atoms with Gasteiger partial charge >= 0.3 is 0 Å². The summed E-state index contributed by atoms with van der Waals surface area (Å²) in [7, 11) is 0. The molecular weight excluding hydrogens is 160 g/mol. The third-order valence-electron chi connectivity index (χ3n) is 2.72. The summed E-state index contributed by atoms with van der Waals surface area (Å²) >= 11 is 0.